The zero-order valence-electron chi connectivity index (χ0n) is 7.14. The maximum Gasteiger partial charge on any atom is 0.123 e. The van der Waals surface area contributed by atoms with Crippen LogP contribution < -0.4 is 10.6 Å². The third kappa shape index (κ3) is 1.41. The van der Waals surface area contributed by atoms with Crippen molar-refractivity contribution in [1.82, 2.24) is 4.98 Å². The van der Waals surface area contributed by atoms with Crippen LogP contribution in [0.5, 0.6) is 0 Å². The molecule has 0 spiro atoms. The van der Waals surface area contributed by atoms with E-state index in [0.29, 0.717) is 5.82 Å². The number of rotatable bonds is 1. The standard InChI is InChI=1S/C9H10N4/c10-3-7-5-13(6-7)8-1-2-9(11)12-4-8/h1-2,4,7H,5-6H2,(H2,11,12). The summed E-state index contributed by atoms with van der Waals surface area (Å²) in [5.74, 6) is 0.707. The molecule has 13 heavy (non-hydrogen) atoms. The van der Waals surface area contributed by atoms with Crippen molar-refractivity contribution >= 4 is 11.5 Å². The Morgan fingerprint density at radius 1 is 1.54 bits per heavy atom. The highest BCUT2D eigenvalue weighted by Gasteiger charge is 2.26. The lowest BCUT2D eigenvalue weighted by atomic mass is 10.0. The molecule has 0 atom stereocenters. The van der Waals surface area contributed by atoms with E-state index in [0.717, 1.165) is 18.8 Å². The molecule has 0 saturated carbocycles. The number of nitrogens with zero attached hydrogens (tertiary/aromatic N) is 3. The van der Waals surface area contributed by atoms with Gasteiger partial charge in [0, 0.05) is 13.1 Å². The predicted octanol–water partition coefficient (Wildman–Crippen LogP) is 0.624. The normalized spacial score (nSPS) is 16.4. The van der Waals surface area contributed by atoms with Crippen LogP contribution >= 0.6 is 0 Å². The monoisotopic (exact) mass is 174 g/mol. The van der Waals surface area contributed by atoms with Crippen molar-refractivity contribution < 1.29 is 0 Å². The van der Waals surface area contributed by atoms with Gasteiger partial charge in [-0.15, -0.1) is 0 Å². The van der Waals surface area contributed by atoms with E-state index in [1.165, 1.54) is 0 Å². The van der Waals surface area contributed by atoms with Crippen LogP contribution in [0.25, 0.3) is 0 Å². The summed E-state index contributed by atoms with van der Waals surface area (Å²) in [7, 11) is 0. The van der Waals surface area contributed by atoms with Crippen LogP contribution in [-0.4, -0.2) is 18.1 Å². The van der Waals surface area contributed by atoms with Crippen LogP contribution in [-0.2, 0) is 0 Å². The molecule has 0 unspecified atom stereocenters. The van der Waals surface area contributed by atoms with Gasteiger partial charge in [0.15, 0.2) is 0 Å². The second-order valence-corrected chi connectivity index (χ2v) is 3.17. The first kappa shape index (κ1) is 7.87. The van der Waals surface area contributed by atoms with Gasteiger partial charge in [-0.1, -0.05) is 0 Å². The molecule has 66 valence electrons. The molecule has 1 aliphatic rings. The zero-order chi connectivity index (χ0) is 9.26. The third-order valence-electron chi connectivity index (χ3n) is 2.20. The summed E-state index contributed by atoms with van der Waals surface area (Å²) in [6.07, 6.45) is 1.74. The molecule has 4 nitrogen and oxygen atoms in total. The molecule has 1 fully saturated rings. The highest BCUT2D eigenvalue weighted by Crippen LogP contribution is 2.23. The van der Waals surface area contributed by atoms with Crippen LogP contribution in [0.4, 0.5) is 11.5 Å². The second-order valence-electron chi connectivity index (χ2n) is 3.17. The predicted molar refractivity (Wildman–Crippen MR) is 50.0 cm³/mol. The first-order valence-corrected chi connectivity index (χ1v) is 4.15. The minimum Gasteiger partial charge on any atom is -0.384 e. The van der Waals surface area contributed by atoms with Crippen LogP contribution in [0.1, 0.15) is 0 Å². The van der Waals surface area contributed by atoms with E-state index in [2.05, 4.69) is 16.0 Å². The molecular weight excluding hydrogens is 164 g/mol. The largest absolute Gasteiger partial charge is 0.384 e. The minimum atomic E-state index is 0.178. The third-order valence-corrected chi connectivity index (χ3v) is 2.20. The Morgan fingerprint density at radius 2 is 2.31 bits per heavy atom. The number of pyridine rings is 1. The molecule has 0 aliphatic carbocycles. The van der Waals surface area contributed by atoms with E-state index in [-0.39, 0.29) is 5.92 Å². The molecule has 4 heteroatoms. The molecule has 2 heterocycles. The molecule has 1 aromatic heterocycles. The fraction of sp³-hybridized carbons (Fsp3) is 0.333. The Hall–Kier alpha value is -1.76. The summed E-state index contributed by atoms with van der Waals surface area (Å²) in [6, 6.07) is 5.93. The van der Waals surface area contributed by atoms with Gasteiger partial charge in [-0.3, -0.25) is 0 Å². The van der Waals surface area contributed by atoms with Gasteiger partial charge in [0.2, 0.25) is 0 Å². The number of anilines is 2. The number of nitrogens with two attached hydrogens (primary N) is 1. The van der Waals surface area contributed by atoms with Crippen LogP contribution in [0, 0.1) is 17.2 Å². The van der Waals surface area contributed by atoms with E-state index >= 15 is 0 Å². The van der Waals surface area contributed by atoms with Crippen molar-refractivity contribution in [2.45, 2.75) is 0 Å². The van der Waals surface area contributed by atoms with Crippen molar-refractivity contribution in [3.05, 3.63) is 18.3 Å². The topological polar surface area (TPSA) is 65.9 Å². The molecule has 0 bridgehead atoms. The first-order valence-electron chi connectivity index (χ1n) is 4.15. The minimum absolute atomic E-state index is 0.178. The number of hydrogen-bond donors (Lipinski definition) is 1. The van der Waals surface area contributed by atoms with Crippen LogP contribution in [0.15, 0.2) is 18.3 Å². The van der Waals surface area contributed by atoms with Gasteiger partial charge < -0.3 is 10.6 Å². The average Bonchev–Trinajstić information content (AvgIpc) is 2.06. The quantitative estimate of drug-likeness (QED) is 0.678. The fourth-order valence-electron chi connectivity index (χ4n) is 1.36. The van der Waals surface area contributed by atoms with E-state index < -0.39 is 0 Å². The van der Waals surface area contributed by atoms with Gasteiger partial charge in [-0.25, -0.2) is 4.98 Å². The maximum absolute atomic E-state index is 8.58. The lowest BCUT2D eigenvalue weighted by Crippen LogP contribution is -2.46. The molecule has 0 aromatic carbocycles. The molecule has 1 aromatic rings. The SMILES string of the molecule is N#CC1CN(c2ccc(N)nc2)C1. The molecule has 0 radical (unpaired) electrons. The Kier molecular flexibility index (Phi) is 1.78. The lowest BCUT2D eigenvalue weighted by molar-refractivity contribution is 0.504. The summed E-state index contributed by atoms with van der Waals surface area (Å²) in [4.78, 5) is 6.10. The number of aromatic nitrogens is 1. The molecular formula is C9H10N4. The number of hydrogen-bond acceptors (Lipinski definition) is 4. The van der Waals surface area contributed by atoms with Gasteiger partial charge in [-0.2, -0.15) is 5.26 Å². The van der Waals surface area contributed by atoms with Crippen molar-refractivity contribution in [3.63, 3.8) is 0 Å². The van der Waals surface area contributed by atoms with Gasteiger partial charge >= 0.3 is 0 Å². The average molecular weight is 174 g/mol. The molecule has 0 amide bonds. The van der Waals surface area contributed by atoms with Crippen molar-refractivity contribution in [3.8, 4) is 6.07 Å². The molecule has 2 rings (SSSR count). The molecule has 1 aliphatic heterocycles. The van der Waals surface area contributed by atoms with Crippen molar-refractivity contribution in [1.29, 1.82) is 5.26 Å². The zero-order valence-corrected chi connectivity index (χ0v) is 7.14. The van der Waals surface area contributed by atoms with Crippen molar-refractivity contribution in [2.24, 2.45) is 5.92 Å². The Labute approximate surface area is 76.6 Å². The summed E-state index contributed by atoms with van der Waals surface area (Å²) in [5.41, 5.74) is 6.50. The van der Waals surface area contributed by atoms with Gasteiger partial charge in [0.05, 0.1) is 23.9 Å². The van der Waals surface area contributed by atoms with Gasteiger partial charge in [-0.05, 0) is 12.1 Å². The lowest BCUT2D eigenvalue weighted by Gasteiger charge is -2.36. The Morgan fingerprint density at radius 3 is 2.85 bits per heavy atom. The van der Waals surface area contributed by atoms with Gasteiger partial charge in [0.1, 0.15) is 5.82 Å². The Balaban J connectivity index is 2.04. The van der Waals surface area contributed by atoms with E-state index in [1.807, 2.05) is 6.07 Å². The highest BCUT2D eigenvalue weighted by atomic mass is 15.2. The summed E-state index contributed by atoms with van der Waals surface area (Å²) in [6.45, 7) is 1.62. The number of nitriles is 1. The highest BCUT2D eigenvalue weighted by molar-refractivity contribution is 5.50. The summed E-state index contributed by atoms with van der Waals surface area (Å²) in [5, 5.41) is 8.58. The molecule has 1 saturated heterocycles. The first-order chi connectivity index (χ1) is 6.29. The second kappa shape index (κ2) is 2.94. The van der Waals surface area contributed by atoms with E-state index in [4.69, 9.17) is 11.0 Å². The smallest absolute Gasteiger partial charge is 0.123 e. The van der Waals surface area contributed by atoms with Gasteiger partial charge in [0.25, 0.3) is 0 Å². The van der Waals surface area contributed by atoms with Crippen molar-refractivity contribution in [2.75, 3.05) is 23.7 Å². The molecule has 2 N–H and O–H groups in total. The van der Waals surface area contributed by atoms with Crippen LogP contribution in [0.3, 0.4) is 0 Å². The number of nitrogen functional groups attached to an aromatic ring is 1. The fourth-order valence-corrected chi connectivity index (χ4v) is 1.36. The maximum atomic E-state index is 8.58. The summed E-state index contributed by atoms with van der Waals surface area (Å²) >= 11 is 0. The van der Waals surface area contributed by atoms with E-state index in [1.54, 1.807) is 12.3 Å². The summed E-state index contributed by atoms with van der Waals surface area (Å²) < 4.78 is 0. The Bertz CT molecular complexity index is 332. The van der Waals surface area contributed by atoms with E-state index in [9.17, 15) is 0 Å². The van der Waals surface area contributed by atoms with Crippen LogP contribution in [0.2, 0.25) is 0 Å².